The van der Waals surface area contributed by atoms with Gasteiger partial charge in [0.25, 0.3) is 0 Å². The number of para-hydroxylation sites is 2. The highest BCUT2D eigenvalue weighted by Crippen LogP contribution is 2.37. The predicted octanol–water partition coefficient (Wildman–Crippen LogP) is 3.68. The number of guanidine groups is 1. The average Bonchev–Trinajstić information content (AvgIpc) is 3.42. The quantitative estimate of drug-likeness (QED) is 0.694. The molecular weight excluding hydrogens is 364 g/mol. The molecule has 7 heteroatoms. The summed E-state index contributed by atoms with van der Waals surface area (Å²) in [5.74, 6) is 3.40. The van der Waals surface area contributed by atoms with Crippen LogP contribution >= 0.6 is 0 Å². The third-order valence-corrected chi connectivity index (χ3v) is 6.11. The van der Waals surface area contributed by atoms with Crippen LogP contribution in [0.2, 0.25) is 0 Å². The van der Waals surface area contributed by atoms with Crippen molar-refractivity contribution < 1.29 is 4.42 Å². The minimum Gasteiger partial charge on any atom is -0.468 e. The maximum absolute atomic E-state index is 5.53. The highest BCUT2D eigenvalue weighted by Gasteiger charge is 2.38. The molecule has 0 saturated carbocycles. The maximum atomic E-state index is 5.53. The third kappa shape index (κ3) is 2.84. The molecule has 0 spiro atoms. The smallest absolute Gasteiger partial charge is 0.216 e. The molecule has 0 unspecified atom stereocenters. The molecule has 1 N–H and O–H groups in total. The molecule has 3 aliphatic rings. The van der Waals surface area contributed by atoms with E-state index in [1.54, 1.807) is 6.26 Å². The van der Waals surface area contributed by atoms with E-state index in [-0.39, 0.29) is 6.17 Å². The highest BCUT2D eigenvalue weighted by atomic mass is 16.3. The van der Waals surface area contributed by atoms with Crippen LogP contribution in [0.3, 0.4) is 0 Å². The first-order chi connectivity index (χ1) is 14.4. The Morgan fingerprint density at radius 1 is 1.14 bits per heavy atom. The molecule has 6 rings (SSSR count). The van der Waals surface area contributed by atoms with Gasteiger partial charge in [-0.3, -0.25) is 14.4 Å². The van der Waals surface area contributed by atoms with E-state index in [0.717, 1.165) is 49.2 Å². The lowest BCUT2D eigenvalue weighted by atomic mass is 9.91. The number of furan rings is 1. The molecule has 2 aromatic heterocycles. The van der Waals surface area contributed by atoms with E-state index in [4.69, 9.17) is 14.4 Å². The zero-order valence-corrected chi connectivity index (χ0v) is 16.2. The topological polar surface area (TPSA) is 61.8 Å². The van der Waals surface area contributed by atoms with Crippen molar-refractivity contribution in [3.8, 4) is 0 Å². The second kappa shape index (κ2) is 6.77. The number of benzene rings is 1. The van der Waals surface area contributed by atoms with Crippen molar-refractivity contribution in [2.75, 3.05) is 18.2 Å². The SMILES string of the molecule is C1=CC[C@@H]([C@@H]2NC3=NCN(Cc4ccco4)CN3c3nc4ccccc4n32)CC1. The molecule has 0 fully saturated rings. The van der Waals surface area contributed by atoms with Crippen LogP contribution in [0.4, 0.5) is 5.95 Å². The van der Waals surface area contributed by atoms with E-state index in [0.29, 0.717) is 12.6 Å². The molecule has 148 valence electrons. The average molecular weight is 388 g/mol. The van der Waals surface area contributed by atoms with Crippen molar-refractivity contribution >= 4 is 22.9 Å². The van der Waals surface area contributed by atoms with Crippen molar-refractivity contribution in [1.29, 1.82) is 0 Å². The molecule has 1 aliphatic carbocycles. The lowest BCUT2D eigenvalue weighted by Gasteiger charge is -2.43. The molecule has 0 radical (unpaired) electrons. The number of hydrogen-bond donors (Lipinski definition) is 1. The zero-order valence-electron chi connectivity index (χ0n) is 16.2. The summed E-state index contributed by atoms with van der Waals surface area (Å²) in [6.07, 6.45) is 9.91. The first kappa shape index (κ1) is 16.9. The fourth-order valence-electron chi connectivity index (χ4n) is 4.69. The Hall–Kier alpha value is -3.06. The van der Waals surface area contributed by atoms with Crippen molar-refractivity contribution in [3.63, 3.8) is 0 Å². The van der Waals surface area contributed by atoms with Gasteiger partial charge in [-0.05, 0) is 43.5 Å². The molecular formula is C22H24N6O. The second-order valence-corrected chi connectivity index (χ2v) is 8.01. The summed E-state index contributed by atoms with van der Waals surface area (Å²) in [5.41, 5.74) is 2.21. The van der Waals surface area contributed by atoms with E-state index in [2.05, 4.69) is 56.1 Å². The van der Waals surface area contributed by atoms with E-state index in [1.807, 2.05) is 12.1 Å². The summed E-state index contributed by atoms with van der Waals surface area (Å²) in [6.45, 7) is 2.11. The number of aromatic nitrogens is 2. The number of nitrogens with one attached hydrogen (secondary N) is 1. The lowest BCUT2D eigenvalue weighted by molar-refractivity contribution is 0.229. The van der Waals surface area contributed by atoms with Gasteiger partial charge < -0.3 is 9.73 Å². The molecule has 29 heavy (non-hydrogen) atoms. The van der Waals surface area contributed by atoms with E-state index in [9.17, 15) is 0 Å². The number of nitrogens with zero attached hydrogens (tertiary/aromatic N) is 5. The van der Waals surface area contributed by atoms with E-state index in [1.165, 1.54) is 11.9 Å². The standard InChI is InChI=1S/C22H24N6O/c1-2-7-16(8-3-1)20-25-21-23-14-26(13-17-9-6-12-29-17)15-27(21)22-24-18-10-4-5-11-19(18)28(20)22/h1-2,4-6,9-12,16,20H,3,7-8,13-15H2,(H,23,25)/t16-,20-/m1/s1. The molecule has 3 aromatic rings. The minimum atomic E-state index is 0.175. The minimum absolute atomic E-state index is 0.175. The molecule has 4 heterocycles. The molecule has 0 bridgehead atoms. The number of rotatable bonds is 3. The van der Waals surface area contributed by atoms with Gasteiger partial charge in [-0.15, -0.1) is 0 Å². The predicted molar refractivity (Wildman–Crippen MR) is 112 cm³/mol. The number of allylic oxidation sites excluding steroid dienone is 2. The Balaban J connectivity index is 1.40. The molecule has 0 saturated heterocycles. The Morgan fingerprint density at radius 3 is 2.97 bits per heavy atom. The van der Waals surface area contributed by atoms with E-state index < -0.39 is 0 Å². The molecule has 1 aromatic carbocycles. The number of hydrogen-bond acceptors (Lipinski definition) is 6. The summed E-state index contributed by atoms with van der Waals surface area (Å²) in [4.78, 5) is 14.3. The largest absolute Gasteiger partial charge is 0.468 e. The van der Waals surface area contributed by atoms with Crippen LogP contribution < -0.4 is 10.2 Å². The normalized spacial score (nSPS) is 24.1. The fourth-order valence-corrected chi connectivity index (χ4v) is 4.69. The lowest BCUT2D eigenvalue weighted by Crippen LogP contribution is -2.58. The van der Waals surface area contributed by atoms with Crippen molar-refractivity contribution in [2.45, 2.75) is 32.0 Å². The van der Waals surface area contributed by atoms with Gasteiger partial charge >= 0.3 is 0 Å². The van der Waals surface area contributed by atoms with Gasteiger partial charge in [-0.1, -0.05) is 24.3 Å². The van der Waals surface area contributed by atoms with Gasteiger partial charge in [0.2, 0.25) is 11.9 Å². The summed E-state index contributed by atoms with van der Waals surface area (Å²) in [7, 11) is 0. The Kier molecular flexibility index (Phi) is 3.94. The Labute approximate surface area is 169 Å². The van der Waals surface area contributed by atoms with Crippen LogP contribution in [-0.4, -0.2) is 33.7 Å². The van der Waals surface area contributed by atoms with E-state index >= 15 is 0 Å². The second-order valence-electron chi connectivity index (χ2n) is 8.01. The summed E-state index contributed by atoms with van der Waals surface area (Å²) in [6, 6.07) is 12.4. The maximum Gasteiger partial charge on any atom is 0.216 e. The van der Waals surface area contributed by atoms with Gasteiger partial charge in [-0.2, -0.15) is 0 Å². The Morgan fingerprint density at radius 2 is 2.10 bits per heavy atom. The van der Waals surface area contributed by atoms with Crippen LogP contribution in [0.25, 0.3) is 11.0 Å². The first-order valence-electron chi connectivity index (χ1n) is 10.3. The highest BCUT2D eigenvalue weighted by molar-refractivity contribution is 5.98. The molecule has 0 amide bonds. The van der Waals surface area contributed by atoms with Crippen LogP contribution in [0.15, 0.2) is 64.2 Å². The molecule has 2 atom stereocenters. The number of imidazole rings is 1. The van der Waals surface area contributed by atoms with Crippen molar-refractivity contribution in [2.24, 2.45) is 10.9 Å². The van der Waals surface area contributed by atoms with Crippen molar-refractivity contribution in [3.05, 3.63) is 60.6 Å². The summed E-state index contributed by atoms with van der Waals surface area (Å²) < 4.78 is 7.92. The number of aliphatic imine (C=N–C) groups is 1. The van der Waals surface area contributed by atoms with Crippen LogP contribution in [-0.2, 0) is 6.54 Å². The molecule has 2 aliphatic heterocycles. The number of anilines is 1. The summed E-state index contributed by atoms with van der Waals surface area (Å²) in [5, 5.41) is 3.75. The monoisotopic (exact) mass is 388 g/mol. The van der Waals surface area contributed by atoms with Crippen molar-refractivity contribution in [1.82, 2.24) is 19.8 Å². The van der Waals surface area contributed by atoms with Crippen LogP contribution in [0.1, 0.15) is 31.2 Å². The van der Waals surface area contributed by atoms with Crippen LogP contribution in [0.5, 0.6) is 0 Å². The Bertz CT molecular complexity index is 1080. The fraction of sp³-hybridized carbons (Fsp3) is 0.364. The van der Waals surface area contributed by atoms with Gasteiger partial charge in [0.05, 0.1) is 37.2 Å². The van der Waals surface area contributed by atoms with Gasteiger partial charge in [0, 0.05) is 5.92 Å². The first-order valence-corrected chi connectivity index (χ1v) is 10.3. The molecule has 7 nitrogen and oxygen atoms in total. The van der Waals surface area contributed by atoms with Gasteiger partial charge in [0.15, 0.2) is 0 Å². The van der Waals surface area contributed by atoms with Crippen LogP contribution in [0, 0.1) is 5.92 Å². The number of fused-ring (bicyclic) bond motifs is 5. The van der Waals surface area contributed by atoms with Gasteiger partial charge in [-0.25, -0.2) is 9.98 Å². The third-order valence-electron chi connectivity index (χ3n) is 6.11. The van der Waals surface area contributed by atoms with Gasteiger partial charge in [0.1, 0.15) is 11.9 Å². The summed E-state index contributed by atoms with van der Waals surface area (Å²) >= 11 is 0. The zero-order chi connectivity index (χ0) is 19.2.